The molecular formula is C19H27N3O3. The zero-order chi connectivity index (χ0) is 17.9. The van der Waals surface area contributed by atoms with Crippen LogP contribution >= 0.6 is 0 Å². The third kappa shape index (κ3) is 4.06. The van der Waals surface area contributed by atoms with E-state index < -0.39 is 0 Å². The number of benzene rings is 1. The van der Waals surface area contributed by atoms with Crippen molar-refractivity contribution in [1.82, 2.24) is 15.5 Å². The molecule has 0 aromatic heterocycles. The average Bonchev–Trinajstić information content (AvgIpc) is 3.30. The second kappa shape index (κ2) is 7.33. The van der Waals surface area contributed by atoms with Crippen LogP contribution in [0.4, 0.5) is 4.79 Å². The highest BCUT2D eigenvalue weighted by molar-refractivity contribution is 5.78. The van der Waals surface area contributed by atoms with Crippen molar-refractivity contribution in [2.45, 2.75) is 44.1 Å². The molecule has 25 heavy (non-hydrogen) atoms. The number of amides is 3. The summed E-state index contributed by atoms with van der Waals surface area (Å²) in [5.74, 6) is 1.06. The van der Waals surface area contributed by atoms with Crippen molar-refractivity contribution in [1.29, 1.82) is 0 Å². The van der Waals surface area contributed by atoms with Gasteiger partial charge in [-0.1, -0.05) is 18.2 Å². The number of hydrogen-bond donors (Lipinski definition) is 2. The smallest absolute Gasteiger partial charge is 0.315 e. The van der Waals surface area contributed by atoms with E-state index in [9.17, 15) is 9.59 Å². The Morgan fingerprint density at radius 3 is 2.76 bits per heavy atom. The molecule has 1 saturated carbocycles. The van der Waals surface area contributed by atoms with Crippen molar-refractivity contribution < 1.29 is 14.3 Å². The molecule has 1 aromatic carbocycles. The first-order valence-corrected chi connectivity index (χ1v) is 9.00. The second-order valence-corrected chi connectivity index (χ2v) is 7.15. The van der Waals surface area contributed by atoms with Crippen LogP contribution in [0.2, 0.25) is 0 Å². The zero-order valence-corrected chi connectivity index (χ0v) is 15.0. The van der Waals surface area contributed by atoms with Crippen molar-refractivity contribution in [2.75, 3.05) is 26.7 Å². The fraction of sp³-hybridized carbons (Fsp3) is 0.579. The van der Waals surface area contributed by atoms with E-state index in [0.717, 1.165) is 37.1 Å². The van der Waals surface area contributed by atoms with Crippen molar-refractivity contribution >= 4 is 11.9 Å². The molecule has 6 nitrogen and oxygen atoms in total. The summed E-state index contributed by atoms with van der Waals surface area (Å²) in [5, 5.41) is 5.93. The zero-order valence-electron chi connectivity index (χ0n) is 15.0. The molecule has 0 bridgehead atoms. The molecule has 1 aromatic rings. The predicted octanol–water partition coefficient (Wildman–Crippen LogP) is 2.04. The van der Waals surface area contributed by atoms with Crippen LogP contribution in [-0.2, 0) is 10.2 Å². The van der Waals surface area contributed by atoms with Crippen molar-refractivity contribution in [3.05, 3.63) is 29.8 Å². The van der Waals surface area contributed by atoms with Gasteiger partial charge in [0.15, 0.2) is 0 Å². The molecule has 136 valence electrons. The third-order valence-electron chi connectivity index (χ3n) is 5.16. The average molecular weight is 345 g/mol. The molecule has 1 saturated heterocycles. The quantitative estimate of drug-likeness (QED) is 0.794. The van der Waals surface area contributed by atoms with Crippen LogP contribution in [0.25, 0.3) is 0 Å². The summed E-state index contributed by atoms with van der Waals surface area (Å²) in [7, 11) is 1.68. The van der Waals surface area contributed by atoms with Crippen molar-refractivity contribution in [3.63, 3.8) is 0 Å². The Kier molecular flexibility index (Phi) is 5.16. The van der Waals surface area contributed by atoms with Gasteiger partial charge in [0.25, 0.3) is 0 Å². The van der Waals surface area contributed by atoms with Crippen LogP contribution in [0.5, 0.6) is 5.75 Å². The number of nitrogens with one attached hydrogen (secondary N) is 2. The lowest BCUT2D eigenvalue weighted by atomic mass is 9.95. The molecule has 2 aliphatic rings. The SMILES string of the molecule is COc1ccccc1C1(CNC(=O)NC(C)CN2CCCC2=O)CC1. The second-order valence-electron chi connectivity index (χ2n) is 7.15. The maximum atomic E-state index is 12.2. The lowest BCUT2D eigenvalue weighted by Crippen LogP contribution is -2.47. The highest BCUT2D eigenvalue weighted by Crippen LogP contribution is 2.50. The van der Waals surface area contributed by atoms with Crippen molar-refractivity contribution in [2.24, 2.45) is 0 Å². The first-order chi connectivity index (χ1) is 12.0. The first-order valence-electron chi connectivity index (χ1n) is 9.00. The predicted molar refractivity (Wildman–Crippen MR) is 95.7 cm³/mol. The molecule has 2 N–H and O–H groups in total. The molecule has 1 aliphatic heterocycles. The lowest BCUT2D eigenvalue weighted by molar-refractivity contribution is -0.127. The Morgan fingerprint density at radius 2 is 2.12 bits per heavy atom. The number of carbonyl (C=O) groups excluding carboxylic acids is 2. The highest BCUT2D eigenvalue weighted by atomic mass is 16.5. The summed E-state index contributed by atoms with van der Waals surface area (Å²) in [6.07, 6.45) is 3.64. The molecule has 6 heteroatoms. The third-order valence-corrected chi connectivity index (χ3v) is 5.16. The van der Waals surface area contributed by atoms with Crippen LogP contribution in [0.15, 0.2) is 24.3 Å². The van der Waals surface area contributed by atoms with Gasteiger partial charge in [0.1, 0.15) is 5.75 Å². The van der Waals surface area contributed by atoms with E-state index in [1.54, 1.807) is 7.11 Å². The summed E-state index contributed by atoms with van der Waals surface area (Å²) in [6.45, 7) is 3.89. The van der Waals surface area contributed by atoms with E-state index >= 15 is 0 Å². The number of ether oxygens (including phenoxy) is 1. The van der Waals surface area contributed by atoms with Gasteiger partial charge in [0, 0.05) is 43.1 Å². The lowest BCUT2D eigenvalue weighted by Gasteiger charge is -2.23. The van der Waals surface area contributed by atoms with Gasteiger partial charge in [0.05, 0.1) is 7.11 Å². The van der Waals surface area contributed by atoms with Crippen molar-refractivity contribution in [3.8, 4) is 5.75 Å². The number of rotatable bonds is 7. The van der Waals surface area contributed by atoms with Gasteiger partial charge in [-0.05, 0) is 32.3 Å². The van der Waals surface area contributed by atoms with Crippen LogP contribution in [0.3, 0.4) is 0 Å². The summed E-state index contributed by atoms with van der Waals surface area (Å²) in [4.78, 5) is 25.7. The molecule has 3 amide bonds. The standard InChI is InChI=1S/C19H27N3O3/c1-14(12-22-11-5-8-17(22)23)21-18(24)20-13-19(9-10-19)15-6-3-4-7-16(15)25-2/h3-4,6-7,14H,5,8-13H2,1-2H3,(H2,20,21,24). The molecule has 1 aliphatic carbocycles. The van der Waals surface area contributed by atoms with Gasteiger partial charge in [-0.2, -0.15) is 0 Å². The number of hydrogen-bond acceptors (Lipinski definition) is 3. The van der Waals surface area contributed by atoms with Crippen LogP contribution in [0.1, 0.15) is 38.2 Å². The van der Waals surface area contributed by atoms with E-state index in [-0.39, 0.29) is 23.4 Å². The molecule has 1 heterocycles. The minimum atomic E-state index is -0.180. The Labute approximate surface area is 148 Å². The summed E-state index contributed by atoms with van der Waals surface area (Å²) in [6, 6.07) is 7.76. The molecule has 0 spiro atoms. The molecule has 1 unspecified atom stereocenters. The maximum Gasteiger partial charge on any atom is 0.315 e. The van der Waals surface area contributed by atoms with Crippen LogP contribution in [0, 0.1) is 0 Å². The molecule has 0 radical (unpaired) electrons. The fourth-order valence-corrected chi connectivity index (χ4v) is 3.57. The van der Waals surface area contributed by atoms with E-state index in [2.05, 4.69) is 16.7 Å². The van der Waals surface area contributed by atoms with Gasteiger partial charge in [0.2, 0.25) is 5.91 Å². The largest absolute Gasteiger partial charge is 0.496 e. The number of para-hydroxylation sites is 1. The van der Waals surface area contributed by atoms with Gasteiger partial charge in [-0.25, -0.2) is 4.79 Å². The summed E-state index contributed by atoms with van der Waals surface area (Å²) < 4.78 is 5.46. The number of nitrogens with zero attached hydrogens (tertiary/aromatic N) is 1. The Hall–Kier alpha value is -2.24. The normalized spacial score (nSPS) is 19.4. The number of likely N-dealkylation sites (tertiary alicyclic amines) is 1. The molecule has 2 fully saturated rings. The van der Waals surface area contributed by atoms with Gasteiger partial charge in [-0.3, -0.25) is 4.79 Å². The highest BCUT2D eigenvalue weighted by Gasteiger charge is 2.46. The topological polar surface area (TPSA) is 70.7 Å². The van der Waals surface area contributed by atoms with E-state index in [0.29, 0.717) is 19.5 Å². The number of carbonyl (C=O) groups is 2. The Morgan fingerprint density at radius 1 is 1.36 bits per heavy atom. The molecule has 1 atom stereocenters. The Balaban J connectivity index is 1.49. The number of urea groups is 1. The summed E-state index contributed by atoms with van der Waals surface area (Å²) in [5.41, 5.74) is 1.14. The maximum absolute atomic E-state index is 12.2. The minimum absolute atomic E-state index is 0.0158. The molecule has 3 rings (SSSR count). The van der Waals surface area contributed by atoms with Crippen LogP contribution < -0.4 is 15.4 Å². The number of methoxy groups -OCH3 is 1. The van der Waals surface area contributed by atoms with Gasteiger partial charge >= 0.3 is 6.03 Å². The van der Waals surface area contributed by atoms with E-state index in [1.165, 1.54) is 0 Å². The first kappa shape index (κ1) is 17.6. The van der Waals surface area contributed by atoms with Crippen LogP contribution in [-0.4, -0.2) is 49.6 Å². The minimum Gasteiger partial charge on any atom is -0.496 e. The fourth-order valence-electron chi connectivity index (χ4n) is 3.57. The van der Waals surface area contributed by atoms with Gasteiger partial charge < -0.3 is 20.3 Å². The Bertz CT molecular complexity index is 643. The van der Waals surface area contributed by atoms with E-state index in [1.807, 2.05) is 30.0 Å². The molecular weight excluding hydrogens is 318 g/mol. The summed E-state index contributed by atoms with van der Waals surface area (Å²) >= 11 is 0. The monoisotopic (exact) mass is 345 g/mol. The van der Waals surface area contributed by atoms with Gasteiger partial charge in [-0.15, -0.1) is 0 Å². The van der Waals surface area contributed by atoms with E-state index in [4.69, 9.17) is 4.74 Å².